The molecule has 0 bridgehead atoms. The second-order valence-electron chi connectivity index (χ2n) is 3.56. The van der Waals surface area contributed by atoms with Gasteiger partial charge in [-0.05, 0) is 12.1 Å². The van der Waals surface area contributed by atoms with E-state index in [4.69, 9.17) is 22.5 Å². The van der Waals surface area contributed by atoms with Gasteiger partial charge in [0.25, 0.3) is 0 Å². The van der Waals surface area contributed by atoms with Crippen molar-refractivity contribution in [1.29, 1.82) is 5.26 Å². The van der Waals surface area contributed by atoms with E-state index < -0.39 is 23.2 Å². The Morgan fingerprint density at radius 2 is 2.10 bits per heavy atom. The fourth-order valence-electron chi connectivity index (χ4n) is 1.36. The summed E-state index contributed by atoms with van der Waals surface area (Å²) >= 11 is 0. The lowest BCUT2D eigenvalue weighted by Crippen LogP contribution is -2.20. The summed E-state index contributed by atoms with van der Waals surface area (Å²) in [6.07, 6.45) is 0. The number of halogens is 1. The molecule has 0 spiro atoms. The van der Waals surface area contributed by atoms with E-state index in [0.717, 1.165) is 13.2 Å². The number of nitrogens with two attached hydrogens (primary N) is 3. The van der Waals surface area contributed by atoms with Crippen LogP contribution >= 0.6 is 0 Å². The molecule has 104 valence electrons. The smallest absolute Gasteiger partial charge is 0.352 e. The monoisotopic (exact) mass is 277 g/mol. The third-order valence-electron chi connectivity index (χ3n) is 2.30. The first-order chi connectivity index (χ1) is 9.42. The summed E-state index contributed by atoms with van der Waals surface area (Å²) in [4.78, 5) is 14.9. The number of hydrogen-bond acceptors (Lipinski definition) is 6. The zero-order valence-corrected chi connectivity index (χ0v) is 10.6. The topological polar surface area (TPSA) is 141 Å². The molecule has 0 saturated carbocycles. The number of nitrogen functional groups attached to an aromatic ring is 1. The molecular formula is C12H12FN5O2. The van der Waals surface area contributed by atoms with Crippen molar-refractivity contribution < 1.29 is 13.9 Å². The van der Waals surface area contributed by atoms with Crippen LogP contribution in [-0.4, -0.2) is 18.9 Å². The normalized spacial score (nSPS) is 12.3. The number of ether oxygens (including phenoxy) is 1. The molecule has 0 aliphatic rings. The second kappa shape index (κ2) is 6.19. The Labute approximate surface area is 114 Å². The Kier molecular flexibility index (Phi) is 4.64. The molecule has 1 rings (SSSR count). The number of esters is 1. The van der Waals surface area contributed by atoms with Crippen molar-refractivity contribution in [1.82, 2.24) is 0 Å². The fourth-order valence-corrected chi connectivity index (χ4v) is 1.36. The second-order valence-corrected chi connectivity index (χ2v) is 3.56. The van der Waals surface area contributed by atoms with Gasteiger partial charge in [0.15, 0.2) is 11.4 Å². The van der Waals surface area contributed by atoms with Gasteiger partial charge >= 0.3 is 5.97 Å². The summed E-state index contributed by atoms with van der Waals surface area (Å²) < 4.78 is 18.0. The molecule has 0 amide bonds. The Balaban J connectivity index is 3.33. The Bertz CT molecular complexity index is 625. The number of carbonyl (C=O) groups excluding carboxylic acids is 1. The van der Waals surface area contributed by atoms with Gasteiger partial charge in [-0.1, -0.05) is 6.07 Å². The highest BCUT2D eigenvalue weighted by Gasteiger charge is 2.16. The number of methoxy groups -OCH3 is 1. The van der Waals surface area contributed by atoms with Gasteiger partial charge in [-0.25, -0.2) is 14.2 Å². The molecule has 0 unspecified atom stereocenters. The minimum absolute atomic E-state index is 0.0515. The van der Waals surface area contributed by atoms with Crippen LogP contribution in [0, 0.1) is 17.1 Å². The SMILES string of the molecule is COC(=O)/C(C#N)=C(N)\N=C(/N)c1c(N)cccc1F. The van der Waals surface area contributed by atoms with Crippen LogP contribution < -0.4 is 17.2 Å². The summed E-state index contributed by atoms with van der Waals surface area (Å²) in [6.45, 7) is 0. The zero-order chi connectivity index (χ0) is 15.3. The van der Waals surface area contributed by atoms with Crippen LogP contribution in [0.3, 0.4) is 0 Å². The number of benzene rings is 1. The van der Waals surface area contributed by atoms with Crippen molar-refractivity contribution in [3.8, 4) is 6.07 Å². The van der Waals surface area contributed by atoms with E-state index in [0.29, 0.717) is 0 Å². The average Bonchev–Trinajstić information content (AvgIpc) is 2.38. The molecule has 0 fully saturated rings. The number of nitriles is 1. The number of rotatable bonds is 3. The third kappa shape index (κ3) is 3.02. The van der Waals surface area contributed by atoms with Crippen LogP contribution in [-0.2, 0) is 9.53 Å². The molecule has 20 heavy (non-hydrogen) atoms. The minimum atomic E-state index is -0.969. The fraction of sp³-hybridized carbons (Fsp3) is 0.0833. The molecule has 0 radical (unpaired) electrons. The van der Waals surface area contributed by atoms with Crippen molar-refractivity contribution in [2.45, 2.75) is 0 Å². The molecular weight excluding hydrogens is 265 g/mol. The van der Waals surface area contributed by atoms with Crippen LogP contribution in [0.4, 0.5) is 10.1 Å². The number of anilines is 1. The maximum atomic E-state index is 13.6. The van der Waals surface area contributed by atoms with Gasteiger partial charge in [0.05, 0.1) is 12.7 Å². The van der Waals surface area contributed by atoms with Gasteiger partial charge in [0, 0.05) is 5.69 Å². The Morgan fingerprint density at radius 3 is 2.60 bits per heavy atom. The van der Waals surface area contributed by atoms with Crippen LogP contribution in [0.5, 0.6) is 0 Å². The largest absolute Gasteiger partial charge is 0.465 e. The maximum absolute atomic E-state index is 13.6. The van der Waals surface area contributed by atoms with Gasteiger partial charge in [-0.3, -0.25) is 0 Å². The number of amidine groups is 1. The van der Waals surface area contributed by atoms with E-state index in [1.807, 2.05) is 0 Å². The van der Waals surface area contributed by atoms with Gasteiger partial charge < -0.3 is 21.9 Å². The van der Waals surface area contributed by atoms with Crippen molar-refractivity contribution in [2.75, 3.05) is 12.8 Å². The van der Waals surface area contributed by atoms with Crippen molar-refractivity contribution in [3.05, 3.63) is 41.0 Å². The molecule has 0 atom stereocenters. The van der Waals surface area contributed by atoms with E-state index in [2.05, 4.69) is 9.73 Å². The maximum Gasteiger partial charge on any atom is 0.352 e. The third-order valence-corrected chi connectivity index (χ3v) is 2.30. The van der Waals surface area contributed by atoms with Crippen LogP contribution in [0.15, 0.2) is 34.6 Å². The van der Waals surface area contributed by atoms with Gasteiger partial charge in [0.1, 0.15) is 17.7 Å². The summed E-state index contributed by atoms with van der Waals surface area (Å²) in [6, 6.07) is 5.49. The predicted octanol–water partition coefficient (Wildman–Crippen LogP) is -0.0199. The number of nitrogens with zero attached hydrogens (tertiary/aromatic N) is 2. The highest BCUT2D eigenvalue weighted by Crippen LogP contribution is 2.16. The molecule has 7 nitrogen and oxygen atoms in total. The molecule has 0 aliphatic heterocycles. The first kappa shape index (κ1) is 15.0. The summed E-state index contributed by atoms with van der Waals surface area (Å²) in [7, 11) is 1.08. The molecule has 0 saturated heterocycles. The van der Waals surface area contributed by atoms with Gasteiger partial charge in [-0.2, -0.15) is 5.26 Å². The lowest BCUT2D eigenvalue weighted by molar-refractivity contribution is -0.135. The molecule has 0 aromatic heterocycles. The van der Waals surface area contributed by atoms with E-state index in [1.165, 1.54) is 18.2 Å². The van der Waals surface area contributed by atoms with Crippen LogP contribution in [0.2, 0.25) is 0 Å². The molecule has 0 aliphatic carbocycles. The first-order valence-electron chi connectivity index (χ1n) is 5.29. The molecule has 1 aromatic carbocycles. The quantitative estimate of drug-likeness (QED) is 0.177. The standard InChI is InChI=1S/C12H12FN5O2/c1-20-12(19)6(5-14)10(16)18-11(17)9-7(13)3-2-4-8(9)15/h2-4H,15-16H2,1H3,(H2,17,18)/b10-6-. The zero-order valence-electron chi connectivity index (χ0n) is 10.6. The lowest BCUT2D eigenvalue weighted by Gasteiger charge is -2.06. The van der Waals surface area contributed by atoms with E-state index in [9.17, 15) is 9.18 Å². The van der Waals surface area contributed by atoms with Crippen molar-refractivity contribution >= 4 is 17.5 Å². The molecule has 8 heteroatoms. The minimum Gasteiger partial charge on any atom is -0.465 e. The molecule has 1 aromatic rings. The highest BCUT2D eigenvalue weighted by molar-refractivity contribution is 6.03. The van der Waals surface area contributed by atoms with Crippen molar-refractivity contribution in [2.24, 2.45) is 16.5 Å². The van der Waals surface area contributed by atoms with E-state index >= 15 is 0 Å². The van der Waals surface area contributed by atoms with E-state index in [1.54, 1.807) is 0 Å². The molecule has 0 heterocycles. The van der Waals surface area contributed by atoms with Gasteiger partial charge in [0.2, 0.25) is 0 Å². The summed E-state index contributed by atoms with van der Waals surface area (Å²) in [5.41, 5.74) is 16.0. The first-order valence-corrected chi connectivity index (χ1v) is 5.29. The Morgan fingerprint density at radius 1 is 1.45 bits per heavy atom. The van der Waals surface area contributed by atoms with E-state index in [-0.39, 0.29) is 17.1 Å². The summed E-state index contributed by atoms with van der Waals surface area (Å²) in [5.74, 6) is -2.51. The summed E-state index contributed by atoms with van der Waals surface area (Å²) in [5, 5.41) is 8.79. The number of carbonyl (C=O) groups is 1. The predicted molar refractivity (Wildman–Crippen MR) is 70.4 cm³/mol. The number of aliphatic imine (C=N–C) groups is 1. The molecule has 6 N–H and O–H groups in total. The van der Waals surface area contributed by atoms with Crippen LogP contribution in [0.1, 0.15) is 5.56 Å². The van der Waals surface area contributed by atoms with Gasteiger partial charge in [-0.15, -0.1) is 0 Å². The van der Waals surface area contributed by atoms with Crippen LogP contribution in [0.25, 0.3) is 0 Å². The lowest BCUT2D eigenvalue weighted by atomic mass is 10.1. The highest BCUT2D eigenvalue weighted by atomic mass is 19.1. The Hall–Kier alpha value is -3.08. The average molecular weight is 277 g/mol. The van der Waals surface area contributed by atoms with Crippen molar-refractivity contribution in [3.63, 3.8) is 0 Å². The number of hydrogen-bond donors (Lipinski definition) is 3.